The van der Waals surface area contributed by atoms with E-state index in [1.165, 1.54) is 6.20 Å². The number of hydrogen-bond acceptors (Lipinski definition) is 5. The minimum atomic E-state index is -0.501. The highest BCUT2D eigenvalue weighted by atomic mass is 35.5. The molecule has 0 saturated heterocycles. The Morgan fingerprint density at radius 3 is 2.56 bits per heavy atom. The minimum Gasteiger partial charge on any atom is -0.496 e. The first-order valence-electron chi connectivity index (χ1n) is 8.16. The van der Waals surface area contributed by atoms with Gasteiger partial charge in [-0.2, -0.15) is 0 Å². The van der Waals surface area contributed by atoms with Crippen LogP contribution in [0, 0.1) is 17.0 Å². The smallest absolute Gasteiger partial charge is 0.338 e. The summed E-state index contributed by atoms with van der Waals surface area (Å²) in [6.45, 7) is 2.02. The Morgan fingerprint density at radius 1 is 1.15 bits per heavy atom. The van der Waals surface area contributed by atoms with E-state index in [1.54, 1.807) is 25.3 Å². The first-order valence-corrected chi connectivity index (χ1v) is 8.53. The third-order valence-corrected chi connectivity index (χ3v) is 4.38. The predicted octanol–water partition coefficient (Wildman–Crippen LogP) is 5.21. The van der Waals surface area contributed by atoms with Crippen LogP contribution in [0.4, 0.5) is 5.69 Å². The fourth-order valence-electron chi connectivity index (χ4n) is 2.75. The molecule has 138 valence electrons. The normalized spacial score (nSPS) is 10.5. The van der Waals surface area contributed by atoms with Crippen molar-refractivity contribution >= 4 is 17.3 Å². The lowest BCUT2D eigenvalue weighted by atomic mass is 10.0. The van der Waals surface area contributed by atoms with Crippen LogP contribution in [0.15, 0.2) is 54.7 Å². The summed E-state index contributed by atoms with van der Waals surface area (Å²) in [5.74, 6) is 0.562. The van der Waals surface area contributed by atoms with Crippen LogP contribution >= 0.6 is 11.6 Å². The topological polar surface area (TPSA) is 74.5 Å². The maximum absolute atomic E-state index is 11.8. The minimum absolute atomic E-state index is 0.0501. The van der Waals surface area contributed by atoms with Crippen LogP contribution in [-0.2, 0) is 6.61 Å². The van der Waals surface area contributed by atoms with E-state index in [0.29, 0.717) is 21.9 Å². The number of nitro groups is 1. The predicted molar refractivity (Wildman–Crippen MR) is 103 cm³/mol. The van der Waals surface area contributed by atoms with Crippen molar-refractivity contribution in [1.82, 2.24) is 4.98 Å². The summed E-state index contributed by atoms with van der Waals surface area (Å²) in [6.07, 6.45) is 1.47. The molecule has 3 rings (SSSR count). The SMILES string of the molecule is COc1cc(Cl)c(-c2ccnc(OCc3ccccc3)c2[N+](=O)[O-])cc1C. The maximum atomic E-state index is 11.8. The van der Waals surface area contributed by atoms with E-state index in [1.807, 2.05) is 37.3 Å². The fraction of sp³-hybridized carbons (Fsp3) is 0.150. The largest absolute Gasteiger partial charge is 0.496 e. The molecule has 0 aliphatic carbocycles. The number of aryl methyl sites for hydroxylation is 1. The van der Waals surface area contributed by atoms with Crippen molar-refractivity contribution in [2.45, 2.75) is 13.5 Å². The quantitative estimate of drug-likeness (QED) is 0.431. The van der Waals surface area contributed by atoms with Crippen LogP contribution in [0.25, 0.3) is 11.1 Å². The third-order valence-electron chi connectivity index (χ3n) is 4.07. The van der Waals surface area contributed by atoms with E-state index in [-0.39, 0.29) is 18.2 Å². The lowest BCUT2D eigenvalue weighted by Gasteiger charge is -2.12. The molecule has 2 aromatic carbocycles. The van der Waals surface area contributed by atoms with Gasteiger partial charge in [-0.1, -0.05) is 41.9 Å². The first kappa shape index (κ1) is 18.7. The van der Waals surface area contributed by atoms with Crippen LogP contribution in [0.1, 0.15) is 11.1 Å². The van der Waals surface area contributed by atoms with Crippen molar-refractivity contribution in [3.8, 4) is 22.8 Å². The van der Waals surface area contributed by atoms with Crippen LogP contribution in [0.3, 0.4) is 0 Å². The Balaban J connectivity index is 2.04. The molecule has 0 amide bonds. The molecule has 1 aromatic heterocycles. The van der Waals surface area contributed by atoms with Crippen molar-refractivity contribution < 1.29 is 14.4 Å². The van der Waals surface area contributed by atoms with Gasteiger partial charge in [0.25, 0.3) is 5.88 Å². The molecular formula is C20H17ClN2O4. The summed E-state index contributed by atoms with van der Waals surface area (Å²) in [5.41, 5.74) is 2.34. The molecule has 0 saturated carbocycles. The van der Waals surface area contributed by atoms with Crippen molar-refractivity contribution in [3.05, 3.63) is 81.0 Å². The Labute approximate surface area is 161 Å². The molecule has 0 radical (unpaired) electrons. The number of pyridine rings is 1. The Morgan fingerprint density at radius 2 is 1.89 bits per heavy atom. The molecule has 0 bridgehead atoms. The van der Waals surface area contributed by atoms with Gasteiger partial charge in [0.05, 0.1) is 22.6 Å². The molecule has 0 N–H and O–H groups in total. The average Bonchev–Trinajstić information content (AvgIpc) is 2.68. The summed E-state index contributed by atoms with van der Waals surface area (Å²) in [6, 6.07) is 14.3. The monoisotopic (exact) mass is 384 g/mol. The maximum Gasteiger partial charge on any atom is 0.338 e. The van der Waals surface area contributed by atoms with Gasteiger partial charge in [-0.3, -0.25) is 10.1 Å². The molecule has 1 heterocycles. The number of nitrogens with zero attached hydrogens (tertiary/aromatic N) is 2. The highest BCUT2D eigenvalue weighted by Gasteiger charge is 2.25. The molecule has 3 aromatic rings. The molecule has 0 atom stereocenters. The van der Waals surface area contributed by atoms with Crippen LogP contribution in [0.2, 0.25) is 5.02 Å². The Hall–Kier alpha value is -3.12. The molecule has 0 aliphatic rings. The number of hydrogen-bond donors (Lipinski definition) is 0. The van der Waals surface area contributed by atoms with E-state index in [2.05, 4.69) is 4.98 Å². The zero-order valence-electron chi connectivity index (χ0n) is 14.8. The van der Waals surface area contributed by atoms with Crippen LogP contribution in [0.5, 0.6) is 11.6 Å². The Bertz CT molecular complexity index is 977. The van der Waals surface area contributed by atoms with Gasteiger partial charge in [-0.15, -0.1) is 0 Å². The van der Waals surface area contributed by atoms with Gasteiger partial charge >= 0.3 is 5.69 Å². The highest BCUT2D eigenvalue weighted by molar-refractivity contribution is 6.33. The molecule has 6 nitrogen and oxygen atoms in total. The van der Waals surface area contributed by atoms with Gasteiger partial charge in [0, 0.05) is 11.8 Å². The van der Waals surface area contributed by atoms with Gasteiger partial charge in [0.1, 0.15) is 12.4 Å². The number of benzene rings is 2. The second kappa shape index (κ2) is 8.05. The lowest BCUT2D eigenvalue weighted by molar-refractivity contribution is -0.385. The van der Waals surface area contributed by atoms with E-state index >= 15 is 0 Å². The zero-order chi connectivity index (χ0) is 19.4. The number of aromatic nitrogens is 1. The van der Waals surface area contributed by atoms with Gasteiger partial charge < -0.3 is 9.47 Å². The summed E-state index contributed by atoms with van der Waals surface area (Å²) in [4.78, 5) is 15.3. The van der Waals surface area contributed by atoms with E-state index in [0.717, 1.165) is 11.1 Å². The number of methoxy groups -OCH3 is 1. The van der Waals surface area contributed by atoms with Crippen LogP contribution in [-0.4, -0.2) is 17.0 Å². The third kappa shape index (κ3) is 4.01. The van der Waals surface area contributed by atoms with Gasteiger partial charge in [0.15, 0.2) is 0 Å². The number of rotatable bonds is 6. The summed E-state index contributed by atoms with van der Waals surface area (Å²) in [5, 5.41) is 12.1. The van der Waals surface area contributed by atoms with Crippen molar-refractivity contribution in [3.63, 3.8) is 0 Å². The summed E-state index contributed by atoms with van der Waals surface area (Å²) in [7, 11) is 1.54. The fourth-order valence-corrected chi connectivity index (χ4v) is 3.01. The Kier molecular flexibility index (Phi) is 5.57. The molecular weight excluding hydrogens is 368 g/mol. The second-order valence-electron chi connectivity index (χ2n) is 5.85. The lowest BCUT2D eigenvalue weighted by Crippen LogP contribution is -2.03. The molecule has 7 heteroatoms. The number of halogens is 1. The van der Waals surface area contributed by atoms with E-state index in [4.69, 9.17) is 21.1 Å². The first-order chi connectivity index (χ1) is 13.0. The van der Waals surface area contributed by atoms with E-state index < -0.39 is 4.92 Å². The summed E-state index contributed by atoms with van der Waals surface area (Å²) < 4.78 is 10.9. The van der Waals surface area contributed by atoms with Crippen LogP contribution < -0.4 is 9.47 Å². The molecule has 0 fully saturated rings. The van der Waals surface area contributed by atoms with Gasteiger partial charge in [-0.25, -0.2) is 4.98 Å². The average molecular weight is 385 g/mol. The molecule has 0 aliphatic heterocycles. The second-order valence-corrected chi connectivity index (χ2v) is 6.25. The van der Waals surface area contributed by atoms with Crippen molar-refractivity contribution in [1.29, 1.82) is 0 Å². The van der Waals surface area contributed by atoms with Gasteiger partial charge in [-0.05, 0) is 36.2 Å². The number of ether oxygens (including phenoxy) is 2. The highest BCUT2D eigenvalue weighted by Crippen LogP contribution is 2.41. The molecule has 0 spiro atoms. The van der Waals surface area contributed by atoms with E-state index in [9.17, 15) is 10.1 Å². The van der Waals surface area contributed by atoms with Gasteiger partial charge in [0.2, 0.25) is 0 Å². The standard InChI is InChI=1S/C20H17ClN2O4/c1-13-10-16(17(21)11-18(13)26-2)15-8-9-22-20(19(15)23(24)25)27-12-14-6-4-3-5-7-14/h3-11H,12H2,1-2H3. The van der Waals surface area contributed by atoms with Crippen molar-refractivity contribution in [2.75, 3.05) is 7.11 Å². The van der Waals surface area contributed by atoms with Crippen molar-refractivity contribution in [2.24, 2.45) is 0 Å². The molecule has 0 unspecified atom stereocenters. The zero-order valence-corrected chi connectivity index (χ0v) is 15.6. The molecule has 27 heavy (non-hydrogen) atoms. The summed E-state index contributed by atoms with van der Waals surface area (Å²) >= 11 is 6.35.